The van der Waals surface area contributed by atoms with Crippen molar-refractivity contribution in [2.75, 3.05) is 0 Å². The molecule has 0 fully saturated rings. The molecule has 0 unspecified atom stereocenters. The van der Waals surface area contributed by atoms with Crippen molar-refractivity contribution in [3.63, 3.8) is 0 Å². The van der Waals surface area contributed by atoms with Gasteiger partial charge in [0, 0.05) is 6.20 Å². The lowest BCUT2D eigenvalue weighted by Gasteiger charge is -2.00. The van der Waals surface area contributed by atoms with Crippen LogP contribution in [0.1, 0.15) is 16.1 Å². The van der Waals surface area contributed by atoms with Crippen LogP contribution < -0.4 is 0 Å². The highest BCUT2D eigenvalue weighted by molar-refractivity contribution is 5.87. The van der Waals surface area contributed by atoms with Gasteiger partial charge >= 0.3 is 11.8 Å². The van der Waals surface area contributed by atoms with E-state index in [1.807, 2.05) is 0 Å². The summed E-state index contributed by atoms with van der Waals surface area (Å²) in [5.74, 6) is -1.29. The number of carboxylic acid groups (broad SMARTS) is 1. The number of pyridine rings is 1. The summed E-state index contributed by atoms with van der Waals surface area (Å²) in [7, 11) is 0. The minimum atomic E-state index is -1.05. The Morgan fingerprint density at radius 1 is 1.44 bits per heavy atom. The summed E-state index contributed by atoms with van der Waals surface area (Å²) in [6.07, 6.45) is 3.85. The lowest BCUT2D eigenvalue weighted by molar-refractivity contribution is -0.389. The van der Waals surface area contributed by atoms with Crippen LogP contribution in [0.15, 0.2) is 30.9 Å². The molecule has 2 heterocycles. The van der Waals surface area contributed by atoms with Crippen LogP contribution in [0.3, 0.4) is 0 Å². The predicted octanol–water partition coefficient (Wildman–Crippen LogP) is 0.933. The number of nitrogens with zero attached hydrogens (tertiary/aromatic N) is 4. The van der Waals surface area contributed by atoms with Gasteiger partial charge in [-0.2, -0.15) is 0 Å². The van der Waals surface area contributed by atoms with Gasteiger partial charge in [0.25, 0.3) is 0 Å². The number of carbonyl (C=O) groups is 1. The maximum absolute atomic E-state index is 10.6. The topological polar surface area (TPSA) is 111 Å². The van der Waals surface area contributed by atoms with Gasteiger partial charge in [-0.15, -0.1) is 0 Å². The molecule has 1 N–H and O–H groups in total. The molecule has 0 aliphatic heterocycles. The van der Waals surface area contributed by atoms with Gasteiger partial charge in [0.1, 0.15) is 6.20 Å². The van der Waals surface area contributed by atoms with Gasteiger partial charge in [0.05, 0.1) is 17.8 Å². The number of aromatic nitrogens is 3. The Morgan fingerprint density at radius 3 is 2.72 bits per heavy atom. The first-order chi connectivity index (χ1) is 8.56. The van der Waals surface area contributed by atoms with Crippen LogP contribution in [0.25, 0.3) is 0 Å². The highest BCUT2D eigenvalue weighted by atomic mass is 16.6. The standard InChI is InChI=1S/C10H8N4O4/c15-10(16)7-1-2-8(11-3-7)4-13-5-9(12-6-13)14(17)18/h1-3,5-6H,4H2,(H,15,16). The first kappa shape index (κ1) is 11.7. The fourth-order valence-electron chi connectivity index (χ4n) is 1.36. The molecular formula is C10H8N4O4. The summed E-state index contributed by atoms with van der Waals surface area (Å²) in [6, 6.07) is 2.98. The molecule has 0 bridgehead atoms. The minimum Gasteiger partial charge on any atom is -0.478 e. The Labute approximate surface area is 101 Å². The average molecular weight is 248 g/mol. The number of hydrogen-bond acceptors (Lipinski definition) is 5. The van der Waals surface area contributed by atoms with Gasteiger partial charge in [0.2, 0.25) is 6.33 Å². The monoisotopic (exact) mass is 248 g/mol. The molecule has 0 atom stereocenters. The van der Waals surface area contributed by atoms with E-state index in [4.69, 9.17) is 5.11 Å². The van der Waals surface area contributed by atoms with E-state index in [1.54, 1.807) is 6.07 Å². The zero-order chi connectivity index (χ0) is 13.1. The first-order valence-corrected chi connectivity index (χ1v) is 4.90. The van der Waals surface area contributed by atoms with E-state index in [2.05, 4.69) is 9.97 Å². The number of hydrogen-bond donors (Lipinski definition) is 1. The largest absolute Gasteiger partial charge is 0.478 e. The van der Waals surface area contributed by atoms with Crippen molar-refractivity contribution in [2.24, 2.45) is 0 Å². The summed E-state index contributed by atoms with van der Waals surface area (Å²) in [5.41, 5.74) is 0.683. The third kappa shape index (κ3) is 2.48. The average Bonchev–Trinajstić information content (AvgIpc) is 2.78. The lowest BCUT2D eigenvalue weighted by Crippen LogP contribution is -2.02. The Morgan fingerprint density at radius 2 is 2.22 bits per heavy atom. The maximum Gasteiger partial charge on any atom is 0.381 e. The van der Waals surface area contributed by atoms with Crippen LogP contribution >= 0.6 is 0 Å². The van der Waals surface area contributed by atoms with Crippen LogP contribution in [-0.2, 0) is 6.54 Å². The van der Waals surface area contributed by atoms with Crippen LogP contribution in [0.2, 0.25) is 0 Å². The van der Waals surface area contributed by atoms with E-state index >= 15 is 0 Å². The van der Waals surface area contributed by atoms with E-state index < -0.39 is 10.9 Å². The molecule has 8 heteroatoms. The van der Waals surface area contributed by atoms with Crippen molar-refractivity contribution in [1.82, 2.24) is 14.5 Å². The summed E-state index contributed by atoms with van der Waals surface area (Å²) < 4.78 is 1.50. The zero-order valence-corrected chi connectivity index (χ0v) is 9.05. The second-order valence-electron chi connectivity index (χ2n) is 3.50. The second kappa shape index (κ2) is 4.62. The van der Waals surface area contributed by atoms with E-state index in [9.17, 15) is 14.9 Å². The van der Waals surface area contributed by atoms with Gasteiger partial charge < -0.3 is 19.8 Å². The molecule has 92 valence electrons. The molecule has 0 radical (unpaired) electrons. The van der Waals surface area contributed by atoms with Crippen molar-refractivity contribution in [1.29, 1.82) is 0 Å². The Bertz CT molecular complexity index is 590. The first-order valence-electron chi connectivity index (χ1n) is 4.90. The van der Waals surface area contributed by atoms with Crippen LogP contribution in [0.4, 0.5) is 5.82 Å². The second-order valence-corrected chi connectivity index (χ2v) is 3.50. The van der Waals surface area contributed by atoms with E-state index in [1.165, 1.54) is 29.4 Å². The summed E-state index contributed by atoms with van der Waals surface area (Å²) in [6.45, 7) is 0.292. The number of rotatable bonds is 4. The Balaban J connectivity index is 2.13. The Kier molecular flexibility index (Phi) is 3.00. The summed E-state index contributed by atoms with van der Waals surface area (Å²) in [4.78, 5) is 28.0. The third-order valence-corrected chi connectivity index (χ3v) is 2.22. The van der Waals surface area contributed by atoms with E-state index in [-0.39, 0.29) is 11.4 Å². The number of nitro groups is 1. The zero-order valence-electron chi connectivity index (χ0n) is 9.05. The SMILES string of the molecule is O=C(O)c1ccc(Cn2cnc([N+](=O)[O-])c2)nc1. The third-order valence-electron chi connectivity index (χ3n) is 2.22. The highest BCUT2D eigenvalue weighted by Crippen LogP contribution is 2.08. The number of aromatic carboxylic acids is 1. The fourth-order valence-corrected chi connectivity index (χ4v) is 1.36. The molecule has 0 aliphatic rings. The van der Waals surface area contributed by atoms with Gasteiger partial charge in [0.15, 0.2) is 0 Å². The summed E-state index contributed by atoms with van der Waals surface area (Å²) >= 11 is 0. The fraction of sp³-hybridized carbons (Fsp3) is 0.100. The van der Waals surface area contributed by atoms with Gasteiger partial charge in [-0.3, -0.25) is 4.98 Å². The van der Waals surface area contributed by atoms with Crippen LogP contribution in [0, 0.1) is 10.1 Å². The molecule has 0 spiro atoms. The van der Waals surface area contributed by atoms with Crippen molar-refractivity contribution in [3.05, 3.63) is 52.2 Å². The molecule has 0 aromatic carbocycles. The smallest absolute Gasteiger partial charge is 0.381 e. The van der Waals surface area contributed by atoms with Gasteiger partial charge in [-0.05, 0) is 22.0 Å². The predicted molar refractivity (Wildman–Crippen MR) is 59.2 cm³/mol. The van der Waals surface area contributed by atoms with Crippen molar-refractivity contribution in [3.8, 4) is 0 Å². The molecular weight excluding hydrogens is 240 g/mol. The molecule has 0 saturated heterocycles. The summed E-state index contributed by atoms with van der Waals surface area (Å²) in [5, 5.41) is 19.1. The van der Waals surface area contributed by atoms with Crippen LogP contribution in [-0.4, -0.2) is 30.5 Å². The molecule has 2 aromatic heterocycles. The molecule has 8 nitrogen and oxygen atoms in total. The van der Waals surface area contributed by atoms with Crippen molar-refractivity contribution >= 4 is 11.8 Å². The molecule has 2 rings (SSSR count). The molecule has 0 amide bonds. The molecule has 0 aliphatic carbocycles. The normalized spacial score (nSPS) is 10.2. The van der Waals surface area contributed by atoms with E-state index in [0.29, 0.717) is 12.2 Å². The molecule has 18 heavy (non-hydrogen) atoms. The van der Waals surface area contributed by atoms with E-state index in [0.717, 1.165) is 0 Å². The Hall–Kier alpha value is -2.77. The van der Waals surface area contributed by atoms with Gasteiger partial charge in [-0.25, -0.2) is 4.79 Å². The number of imidazole rings is 1. The highest BCUT2D eigenvalue weighted by Gasteiger charge is 2.10. The van der Waals surface area contributed by atoms with Gasteiger partial charge in [-0.1, -0.05) is 0 Å². The minimum absolute atomic E-state index is 0.0929. The quantitative estimate of drug-likeness (QED) is 0.636. The molecule has 0 saturated carbocycles. The van der Waals surface area contributed by atoms with Crippen LogP contribution in [0.5, 0.6) is 0 Å². The lowest BCUT2D eigenvalue weighted by atomic mass is 10.2. The maximum atomic E-state index is 10.6. The van der Waals surface area contributed by atoms with Crippen molar-refractivity contribution in [2.45, 2.75) is 6.54 Å². The van der Waals surface area contributed by atoms with Crippen molar-refractivity contribution < 1.29 is 14.8 Å². The molecule has 2 aromatic rings. The number of carboxylic acids is 1.